The SMILES string of the molecule is CCN(CCCC(C)=O)C(C)COC. The maximum Gasteiger partial charge on any atom is 0.129 e. The van der Waals surface area contributed by atoms with Crippen LogP contribution in [0.15, 0.2) is 0 Å². The summed E-state index contributed by atoms with van der Waals surface area (Å²) in [6.45, 7) is 8.70. The predicted molar refractivity (Wildman–Crippen MR) is 58.5 cm³/mol. The molecule has 84 valence electrons. The Morgan fingerprint density at radius 2 is 2.14 bits per heavy atom. The molecule has 3 nitrogen and oxygen atoms in total. The Morgan fingerprint density at radius 3 is 2.57 bits per heavy atom. The molecule has 0 aliphatic heterocycles. The minimum atomic E-state index is 0.278. The first kappa shape index (κ1) is 13.6. The number of nitrogens with zero attached hydrogens (tertiary/aromatic N) is 1. The molecular weight excluding hydrogens is 178 g/mol. The Morgan fingerprint density at radius 1 is 1.50 bits per heavy atom. The number of ether oxygens (including phenoxy) is 1. The Kier molecular flexibility index (Phi) is 7.71. The largest absolute Gasteiger partial charge is 0.383 e. The summed E-state index contributed by atoms with van der Waals surface area (Å²) in [6.07, 6.45) is 1.65. The molecule has 1 atom stereocenters. The highest BCUT2D eigenvalue weighted by Gasteiger charge is 2.10. The van der Waals surface area contributed by atoms with Gasteiger partial charge in [-0.15, -0.1) is 0 Å². The van der Waals surface area contributed by atoms with Crippen LogP contribution in [-0.2, 0) is 9.53 Å². The van der Waals surface area contributed by atoms with Crippen molar-refractivity contribution in [2.75, 3.05) is 26.8 Å². The molecule has 0 rings (SSSR count). The Bertz CT molecular complexity index is 159. The Labute approximate surface area is 87.4 Å². The minimum Gasteiger partial charge on any atom is -0.383 e. The molecule has 3 heteroatoms. The number of hydrogen-bond donors (Lipinski definition) is 0. The molecule has 0 bridgehead atoms. The van der Waals surface area contributed by atoms with Crippen LogP contribution in [0.2, 0.25) is 0 Å². The number of methoxy groups -OCH3 is 1. The lowest BCUT2D eigenvalue weighted by Gasteiger charge is -2.26. The predicted octanol–water partition coefficient (Wildman–Crippen LogP) is 1.71. The molecule has 0 aromatic heterocycles. The minimum absolute atomic E-state index is 0.278. The first-order chi connectivity index (χ1) is 6.61. The average Bonchev–Trinajstić information content (AvgIpc) is 2.12. The third kappa shape index (κ3) is 6.11. The van der Waals surface area contributed by atoms with Crippen LogP contribution < -0.4 is 0 Å². The summed E-state index contributed by atoms with van der Waals surface area (Å²) < 4.78 is 5.11. The highest BCUT2D eigenvalue weighted by atomic mass is 16.5. The summed E-state index contributed by atoms with van der Waals surface area (Å²) in [5, 5.41) is 0. The van der Waals surface area contributed by atoms with Crippen LogP contribution in [0, 0.1) is 0 Å². The molecular formula is C11H23NO2. The van der Waals surface area contributed by atoms with Crippen molar-refractivity contribution in [1.82, 2.24) is 4.90 Å². The van der Waals surface area contributed by atoms with Crippen LogP contribution in [0.3, 0.4) is 0 Å². The van der Waals surface area contributed by atoms with Gasteiger partial charge in [0.25, 0.3) is 0 Å². The molecule has 1 unspecified atom stereocenters. The summed E-state index contributed by atoms with van der Waals surface area (Å²) in [7, 11) is 1.72. The zero-order valence-electron chi connectivity index (χ0n) is 9.88. The van der Waals surface area contributed by atoms with E-state index in [-0.39, 0.29) is 5.78 Å². The lowest BCUT2D eigenvalue weighted by molar-refractivity contribution is -0.117. The average molecular weight is 201 g/mol. The van der Waals surface area contributed by atoms with Gasteiger partial charge in [0, 0.05) is 19.6 Å². The van der Waals surface area contributed by atoms with Crippen molar-refractivity contribution >= 4 is 5.78 Å². The fourth-order valence-corrected chi connectivity index (χ4v) is 1.57. The smallest absolute Gasteiger partial charge is 0.129 e. The number of ketones is 1. The van der Waals surface area contributed by atoms with Crippen molar-refractivity contribution < 1.29 is 9.53 Å². The summed E-state index contributed by atoms with van der Waals surface area (Å²) in [5.74, 6) is 0.278. The zero-order valence-corrected chi connectivity index (χ0v) is 9.88. The number of likely N-dealkylation sites (N-methyl/N-ethyl adjacent to an activating group) is 1. The van der Waals surface area contributed by atoms with E-state index in [9.17, 15) is 4.79 Å². The fraction of sp³-hybridized carbons (Fsp3) is 0.909. The number of carbonyl (C=O) groups excluding carboxylic acids is 1. The van der Waals surface area contributed by atoms with Crippen LogP contribution in [0.25, 0.3) is 0 Å². The third-order valence-corrected chi connectivity index (χ3v) is 2.41. The highest BCUT2D eigenvalue weighted by Crippen LogP contribution is 2.02. The first-order valence-electron chi connectivity index (χ1n) is 5.34. The zero-order chi connectivity index (χ0) is 11.0. The molecule has 0 aliphatic rings. The van der Waals surface area contributed by atoms with Gasteiger partial charge in [0.05, 0.1) is 6.61 Å². The number of hydrogen-bond acceptors (Lipinski definition) is 3. The maximum absolute atomic E-state index is 10.8. The van der Waals surface area contributed by atoms with Gasteiger partial charge in [-0.05, 0) is 33.4 Å². The number of Topliss-reactive ketones (excluding diaryl/α,β-unsaturated/α-hetero) is 1. The molecule has 0 amide bonds. The van der Waals surface area contributed by atoms with Crippen LogP contribution in [0.1, 0.15) is 33.6 Å². The van der Waals surface area contributed by atoms with Gasteiger partial charge >= 0.3 is 0 Å². The summed E-state index contributed by atoms with van der Waals surface area (Å²) in [5.41, 5.74) is 0. The van der Waals surface area contributed by atoms with E-state index in [0.717, 1.165) is 26.1 Å². The maximum atomic E-state index is 10.8. The van der Waals surface area contributed by atoms with E-state index >= 15 is 0 Å². The molecule has 0 saturated carbocycles. The molecule has 0 aliphatic carbocycles. The van der Waals surface area contributed by atoms with Crippen molar-refractivity contribution in [2.45, 2.75) is 39.7 Å². The third-order valence-electron chi connectivity index (χ3n) is 2.41. The van der Waals surface area contributed by atoms with E-state index in [0.29, 0.717) is 12.5 Å². The number of rotatable bonds is 8. The van der Waals surface area contributed by atoms with Gasteiger partial charge in [0.1, 0.15) is 5.78 Å². The van der Waals surface area contributed by atoms with Gasteiger partial charge in [-0.1, -0.05) is 6.92 Å². The van der Waals surface area contributed by atoms with Gasteiger partial charge < -0.3 is 9.53 Å². The quantitative estimate of drug-likeness (QED) is 0.599. The van der Waals surface area contributed by atoms with Crippen molar-refractivity contribution in [2.24, 2.45) is 0 Å². The van der Waals surface area contributed by atoms with E-state index in [1.807, 2.05) is 0 Å². The Hall–Kier alpha value is -0.410. The van der Waals surface area contributed by atoms with Gasteiger partial charge in [-0.3, -0.25) is 4.90 Å². The molecule has 0 fully saturated rings. The van der Waals surface area contributed by atoms with Crippen molar-refractivity contribution in [1.29, 1.82) is 0 Å². The summed E-state index contributed by atoms with van der Waals surface area (Å²) in [6, 6.07) is 0.442. The molecule has 14 heavy (non-hydrogen) atoms. The Balaban J connectivity index is 3.72. The van der Waals surface area contributed by atoms with Gasteiger partial charge in [-0.25, -0.2) is 0 Å². The molecule has 0 radical (unpaired) electrons. The van der Waals surface area contributed by atoms with Crippen LogP contribution >= 0.6 is 0 Å². The van der Waals surface area contributed by atoms with Gasteiger partial charge in [0.15, 0.2) is 0 Å². The molecule has 0 saturated heterocycles. The van der Waals surface area contributed by atoms with Crippen LogP contribution in [-0.4, -0.2) is 43.5 Å². The summed E-state index contributed by atoms with van der Waals surface area (Å²) in [4.78, 5) is 13.1. The second-order valence-electron chi connectivity index (χ2n) is 3.74. The number of carbonyl (C=O) groups is 1. The molecule has 0 spiro atoms. The van der Waals surface area contributed by atoms with Gasteiger partial charge in [0.2, 0.25) is 0 Å². The van der Waals surface area contributed by atoms with Gasteiger partial charge in [-0.2, -0.15) is 0 Å². The van der Waals surface area contributed by atoms with E-state index in [1.165, 1.54) is 0 Å². The van der Waals surface area contributed by atoms with E-state index < -0.39 is 0 Å². The monoisotopic (exact) mass is 201 g/mol. The van der Waals surface area contributed by atoms with E-state index in [4.69, 9.17) is 4.74 Å². The van der Waals surface area contributed by atoms with Crippen LogP contribution in [0.5, 0.6) is 0 Å². The van der Waals surface area contributed by atoms with Crippen LogP contribution in [0.4, 0.5) is 0 Å². The molecule has 0 aromatic carbocycles. The molecule has 0 heterocycles. The topological polar surface area (TPSA) is 29.5 Å². The fourth-order valence-electron chi connectivity index (χ4n) is 1.57. The normalized spacial score (nSPS) is 13.2. The van der Waals surface area contributed by atoms with Crippen molar-refractivity contribution in [3.05, 3.63) is 0 Å². The molecule has 0 aromatic rings. The second-order valence-corrected chi connectivity index (χ2v) is 3.74. The standard InChI is InChI=1S/C11H23NO2/c1-5-12(10(2)9-14-4)8-6-7-11(3)13/h10H,5-9H2,1-4H3. The second kappa shape index (κ2) is 7.94. The lowest BCUT2D eigenvalue weighted by Crippen LogP contribution is -2.36. The summed E-state index contributed by atoms with van der Waals surface area (Å²) >= 11 is 0. The highest BCUT2D eigenvalue weighted by molar-refractivity contribution is 5.75. The van der Waals surface area contributed by atoms with E-state index in [1.54, 1.807) is 14.0 Å². The molecule has 0 N–H and O–H groups in total. The van der Waals surface area contributed by atoms with Crippen molar-refractivity contribution in [3.63, 3.8) is 0 Å². The van der Waals surface area contributed by atoms with Crippen molar-refractivity contribution in [3.8, 4) is 0 Å². The van der Waals surface area contributed by atoms with E-state index in [2.05, 4.69) is 18.7 Å². The lowest BCUT2D eigenvalue weighted by atomic mass is 10.2. The first-order valence-corrected chi connectivity index (χ1v) is 5.34.